The van der Waals surface area contributed by atoms with Gasteiger partial charge in [0.15, 0.2) is 0 Å². The number of piperidine rings is 1. The van der Waals surface area contributed by atoms with Gasteiger partial charge >= 0.3 is 6.03 Å². The van der Waals surface area contributed by atoms with Gasteiger partial charge in [0.25, 0.3) is 0 Å². The Morgan fingerprint density at radius 2 is 1.97 bits per heavy atom. The van der Waals surface area contributed by atoms with Crippen LogP contribution in [0.1, 0.15) is 35.8 Å². The van der Waals surface area contributed by atoms with Crippen molar-refractivity contribution >= 4 is 11.7 Å². The number of aromatic nitrogens is 2. The van der Waals surface area contributed by atoms with E-state index in [1.165, 1.54) is 5.56 Å². The molecule has 0 spiro atoms. The molecule has 0 bridgehead atoms. The number of benzene rings is 2. The Kier molecular flexibility index (Phi) is 5.25. The van der Waals surface area contributed by atoms with Crippen molar-refractivity contribution < 1.29 is 9.32 Å². The average Bonchev–Trinajstić information content (AvgIpc) is 3.25. The maximum Gasteiger partial charge on any atom is 0.321 e. The smallest absolute Gasteiger partial charge is 0.321 e. The van der Waals surface area contributed by atoms with Crippen LogP contribution in [0.3, 0.4) is 0 Å². The van der Waals surface area contributed by atoms with Gasteiger partial charge in [0.05, 0.1) is 11.6 Å². The first-order valence-electron chi connectivity index (χ1n) is 9.59. The first kappa shape index (κ1) is 18.7. The molecule has 7 nitrogen and oxygen atoms in total. The van der Waals surface area contributed by atoms with E-state index in [0.29, 0.717) is 36.1 Å². The Labute approximate surface area is 169 Å². The van der Waals surface area contributed by atoms with Crippen molar-refractivity contribution in [3.8, 4) is 17.5 Å². The van der Waals surface area contributed by atoms with Gasteiger partial charge < -0.3 is 14.7 Å². The van der Waals surface area contributed by atoms with Crippen LogP contribution in [-0.2, 0) is 0 Å². The number of nitrogens with one attached hydrogen (secondary N) is 1. The normalized spacial score (nSPS) is 14.4. The quantitative estimate of drug-likeness (QED) is 0.722. The molecule has 1 fully saturated rings. The van der Waals surface area contributed by atoms with Gasteiger partial charge in [0.1, 0.15) is 0 Å². The second kappa shape index (κ2) is 8.15. The fourth-order valence-electron chi connectivity index (χ4n) is 3.42. The lowest BCUT2D eigenvalue weighted by atomic mass is 9.97. The number of nitrogens with zero attached hydrogens (tertiary/aromatic N) is 4. The van der Waals surface area contributed by atoms with Crippen LogP contribution in [0.15, 0.2) is 53.1 Å². The van der Waals surface area contributed by atoms with E-state index in [1.54, 1.807) is 29.2 Å². The molecule has 0 aliphatic carbocycles. The van der Waals surface area contributed by atoms with Crippen molar-refractivity contribution in [2.24, 2.45) is 0 Å². The van der Waals surface area contributed by atoms with Gasteiger partial charge in [-0.3, -0.25) is 0 Å². The molecule has 2 heterocycles. The van der Waals surface area contributed by atoms with Gasteiger partial charge in [-0.1, -0.05) is 41.1 Å². The van der Waals surface area contributed by atoms with Gasteiger partial charge in [-0.05, 0) is 38.0 Å². The largest absolute Gasteiger partial charge is 0.339 e. The Morgan fingerprint density at radius 1 is 1.21 bits per heavy atom. The topological polar surface area (TPSA) is 95.0 Å². The standard InChI is InChI=1S/C22H21N5O2/c1-15-5-7-17(8-6-15)20-25-21(29-26-20)18-9-11-27(12-10-18)22(28)24-19-4-2-3-16(13-19)14-23/h2-8,13,18H,9-12H2,1H3,(H,24,28). The Hall–Kier alpha value is -3.66. The summed E-state index contributed by atoms with van der Waals surface area (Å²) < 4.78 is 5.49. The lowest BCUT2D eigenvalue weighted by molar-refractivity contribution is 0.187. The van der Waals surface area contributed by atoms with E-state index in [4.69, 9.17) is 9.78 Å². The number of hydrogen-bond donors (Lipinski definition) is 1. The molecule has 0 unspecified atom stereocenters. The summed E-state index contributed by atoms with van der Waals surface area (Å²) in [5, 5.41) is 15.9. The highest BCUT2D eigenvalue weighted by molar-refractivity contribution is 5.89. The van der Waals surface area contributed by atoms with E-state index in [1.807, 2.05) is 31.2 Å². The summed E-state index contributed by atoms with van der Waals surface area (Å²) in [4.78, 5) is 18.8. The Balaban J connectivity index is 1.35. The lowest BCUT2D eigenvalue weighted by Gasteiger charge is -2.30. The van der Waals surface area contributed by atoms with Crippen LogP contribution in [0.5, 0.6) is 0 Å². The summed E-state index contributed by atoms with van der Waals surface area (Å²) in [6.45, 7) is 3.25. The van der Waals surface area contributed by atoms with Crippen LogP contribution < -0.4 is 5.32 Å². The fourth-order valence-corrected chi connectivity index (χ4v) is 3.42. The summed E-state index contributed by atoms with van der Waals surface area (Å²) in [5.41, 5.74) is 3.25. The zero-order chi connectivity index (χ0) is 20.2. The highest BCUT2D eigenvalue weighted by Crippen LogP contribution is 2.29. The SMILES string of the molecule is Cc1ccc(-c2noc(C3CCN(C(=O)Nc4cccc(C#N)c4)CC3)n2)cc1. The van der Waals surface area contributed by atoms with Crippen molar-refractivity contribution in [3.63, 3.8) is 0 Å². The lowest BCUT2D eigenvalue weighted by Crippen LogP contribution is -2.40. The summed E-state index contributed by atoms with van der Waals surface area (Å²) in [7, 11) is 0. The third kappa shape index (κ3) is 4.27. The Morgan fingerprint density at radius 3 is 2.69 bits per heavy atom. The minimum atomic E-state index is -0.163. The maximum atomic E-state index is 12.5. The second-order valence-corrected chi connectivity index (χ2v) is 7.21. The van der Waals surface area contributed by atoms with Gasteiger partial charge in [-0.25, -0.2) is 4.79 Å². The summed E-state index contributed by atoms with van der Waals surface area (Å²) in [5.74, 6) is 1.37. The van der Waals surface area contributed by atoms with Crippen LogP contribution in [0.2, 0.25) is 0 Å². The van der Waals surface area contributed by atoms with Crippen molar-refractivity contribution in [3.05, 3.63) is 65.5 Å². The summed E-state index contributed by atoms with van der Waals surface area (Å²) in [6, 6.07) is 16.8. The summed E-state index contributed by atoms with van der Waals surface area (Å²) >= 11 is 0. The molecule has 3 aromatic rings. The number of rotatable bonds is 3. The number of carbonyl (C=O) groups is 1. The first-order chi connectivity index (χ1) is 14.1. The molecule has 4 rings (SSSR count). The number of hydrogen-bond acceptors (Lipinski definition) is 5. The predicted octanol–water partition coefficient (Wildman–Crippen LogP) is 4.33. The third-order valence-electron chi connectivity index (χ3n) is 5.13. The van der Waals surface area contributed by atoms with Gasteiger partial charge in [0.2, 0.25) is 11.7 Å². The molecule has 1 saturated heterocycles. The average molecular weight is 387 g/mol. The van der Waals surface area contributed by atoms with E-state index in [-0.39, 0.29) is 11.9 Å². The molecule has 1 aliphatic heterocycles. The molecule has 2 aromatic carbocycles. The van der Waals surface area contributed by atoms with Crippen LogP contribution in [-0.4, -0.2) is 34.2 Å². The molecule has 0 atom stereocenters. The number of carbonyl (C=O) groups excluding carboxylic acids is 1. The molecule has 1 aromatic heterocycles. The molecular weight excluding hydrogens is 366 g/mol. The number of anilines is 1. The molecule has 0 saturated carbocycles. The van der Waals surface area contributed by atoms with E-state index >= 15 is 0 Å². The van der Waals surface area contributed by atoms with Crippen LogP contribution in [0.4, 0.5) is 10.5 Å². The van der Waals surface area contributed by atoms with Gasteiger partial charge in [-0.15, -0.1) is 0 Å². The van der Waals surface area contributed by atoms with Crippen LogP contribution >= 0.6 is 0 Å². The molecule has 0 radical (unpaired) electrons. The molecule has 1 N–H and O–H groups in total. The van der Waals surface area contributed by atoms with Gasteiger partial charge in [-0.2, -0.15) is 10.2 Å². The highest BCUT2D eigenvalue weighted by atomic mass is 16.5. The fraction of sp³-hybridized carbons (Fsp3) is 0.273. The van der Waals surface area contributed by atoms with Crippen molar-refractivity contribution in [1.29, 1.82) is 5.26 Å². The van der Waals surface area contributed by atoms with Gasteiger partial charge in [0, 0.05) is 30.3 Å². The molecule has 146 valence electrons. The van der Waals surface area contributed by atoms with E-state index in [2.05, 4.69) is 21.5 Å². The van der Waals surface area contributed by atoms with Crippen LogP contribution in [0, 0.1) is 18.3 Å². The van der Waals surface area contributed by atoms with E-state index in [9.17, 15) is 4.79 Å². The molecule has 7 heteroatoms. The molecule has 2 amide bonds. The zero-order valence-electron chi connectivity index (χ0n) is 16.1. The minimum absolute atomic E-state index is 0.146. The van der Waals surface area contributed by atoms with E-state index < -0.39 is 0 Å². The van der Waals surface area contributed by atoms with Crippen molar-refractivity contribution in [1.82, 2.24) is 15.0 Å². The van der Waals surface area contributed by atoms with Crippen LogP contribution in [0.25, 0.3) is 11.4 Å². The highest BCUT2D eigenvalue weighted by Gasteiger charge is 2.27. The number of urea groups is 1. The number of aryl methyl sites for hydroxylation is 1. The molecule has 1 aliphatic rings. The predicted molar refractivity (Wildman–Crippen MR) is 108 cm³/mol. The molecular formula is C22H21N5O2. The number of likely N-dealkylation sites (tertiary alicyclic amines) is 1. The number of amides is 2. The number of nitriles is 1. The first-order valence-corrected chi connectivity index (χ1v) is 9.59. The van der Waals surface area contributed by atoms with Crippen molar-refractivity contribution in [2.75, 3.05) is 18.4 Å². The van der Waals surface area contributed by atoms with Crippen molar-refractivity contribution in [2.45, 2.75) is 25.7 Å². The van der Waals surface area contributed by atoms with E-state index in [0.717, 1.165) is 18.4 Å². The third-order valence-corrected chi connectivity index (χ3v) is 5.13. The monoisotopic (exact) mass is 387 g/mol. The maximum absolute atomic E-state index is 12.5. The second-order valence-electron chi connectivity index (χ2n) is 7.21. The minimum Gasteiger partial charge on any atom is -0.339 e. The molecule has 29 heavy (non-hydrogen) atoms. The Bertz CT molecular complexity index is 1040. The summed E-state index contributed by atoms with van der Waals surface area (Å²) in [6.07, 6.45) is 1.53. The zero-order valence-corrected chi connectivity index (χ0v) is 16.1.